The van der Waals surface area contributed by atoms with Crippen molar-refractivity contribution in [3.8, 4) is 0 Å². The molecule has 0 aromatic rings. The molecule has 0 heterocycles. The summed E-state index contributed by atoms with van der Waals surface area (Å²) in [6.45, 7) is 13.5. The molecule has 2 aliphatic carbocycles. The van der Waals surface area contributed by atoms with Gasteiger partial charge >= 0.3 is 26.8 Å². The summed E-state index contributed by atoms with van der Waals surface area (Å²) in [5.74, 6) is 1.58. The molecular formula is C24H44Cl2SiTi-4. The standard InChI is InChI=1S/2C11H17.2CH3.2ClH.H2Si.Ti/c2*1-4-10-5-6-11(8-10)7-9(2)3;;;;;;/h2*8-9H,4,6-7H2,1-3H3;2*1H3;2*1H;1H2;/q4*-1;;;;. The van der Waals surface area contributed by atoms with Crippen LogP contribution in [0, 0.1) is 38.8 Å². The Morgan fingerprint density at radius 3 is 1.25 bits per heavy atom. The van der Waals surface area contributed by atoms with E-state index in [1.54, 1.807) is 11.1 Å². The van der Waals surface area contributed by atoms with Gasteiger partial charge in [0.05, 0.1) is 0 Å². The number of allylic oxidation sites excluding steroid dienone is 8. The van der Waals surface area contributed by atoms with E-state index in [1.165, 1.54) is 24.0 Å². The first-order valence-electron chi connectivity index (χ1n) is 9.38. The second-order valence-electron chi connectivity index (χ2n) is 7.27. The van der Waals surface area contributed by atoms with Gasteiger partial charge in [0.15, 0.2) is 0 Å². The Morgan fingerprint density at radius 2 is 1.07 bits per heavy atom. The summed E-state index contributed by atoms with van der Waals surface area (Å²) in [4.78, 5) is 0. The molecule has 0 nitrogen and oxygen atoms in total. The van der Waals surface area contributed by atoms with Crippen LogP contribution in [-0.4, -0.2) is 7.63 Å². The molecule has 4 heteroatoms. The predicted molar refractivity (Wildman–Crippen MR) is 134 cm³/mol. The Hall–Kier alpha value is 0.471. The van der Waals surface area contributed by atoms with Crippen LogP contribution in [0.1, 0.15) is 80.1 Å². The molecule has 0 spiro atoms. The topological polar surface area (TPSA) is 0 Å². The van der Waals surface area contributed by atoms with E-state index in [0.29, 0.717) is 0 Å². The predicted octanol–water partition coefficient (Wildman–Crippen LogP) is 7.83. The van der Waals surface area contributed by atoms with Crippen molar-refractivity contribution in [3.05, 3.63) is 61.4 Å². The van der Waals surface area contributed by atoms with Crippen LogP contribution in [0.2, 0.25) is 0 Å². The van der Waals surface area contributed by atoms with Gasteiger partial charge in [-0.15, -0.1) is 37.7 Å². The molecule has 0 aromatic heterocycles. The average Bonchev–Trinajstić information content (AvgIpc) is 3.18. The zero-order valence-corrected chi connectivity index (χ0v) is 24.2. The molecular weight excluding hydrogens is 435 g/mol. The van der Waals surface area contributed by atoms with E-state index in [4.69, 9.17) is 0 Å². The third-order valence-electron chi connectivity index (χ3n) is 3.94. The average molecular weight is 479 g/mol. The fraction of sp³-hybridized carbons (Fsp3) is 0.583. The van der Waals surface area contributed by atoms with E-state index in [-0.39, 0.29) is 39.7 Å². The minimum atomic E-state index is 0. The molecule has 0 bridgehead atoms. The molecule has 0 saturated carbocycles. The van der Waals surface area contributed by atoms with Gasteiger partial charge in [0, 0.05) is 0 Å². The Labute approximate surface area is 204 Å². The molecule has 166 valence electrons. The summed E-state index contributed by atoms with van der Waals surface area (Å²) < 4.78 is 0. The Kier molecular flexibility index (Phi) is 33.1. The fourth-order valence-corrected chi connectivity index (χ4v) is 2.92. The summed E-state index contributed by atoms with van der Waals surface area (Å²) in [6.07, 6.45) is 18.4. The van der Waals surface area contributed by atoms with Gasteiger partial charge in [0.25, 0.3) is 0 Å². The second kappa shape index (κ2) is 23.7. The first-order chi connectivity index (χ1) is 11.4. The van der Waals surface area contributed by atoms with Gasteiger partial charge < -0.3 is 14.9 Å². The second-order valence-corrected chi connectivity index (χ2v) is 7.27. The zero-order valence-electron chi connectivity index (χ0n) is 19.6. The van der Waals surface area contributed by atoms with Crippen LogP contribution in [-0.2, 0) is 19.2 Å². The van der Waals surface area contributed by atoms with Crippen LogP contribution in [0.4, 0.5) is 0 Å². The van der Waals surface area contributed by atoms with Gasteiger partial charge in [-0.2, -0.15) is 11.1 Å². The van der Waals surface area contributed by atoms with E-state index >= 15 is 0 Å². The molecule has 0 aromatic carbocycles. The van der Waals surface area contributed by atoms with Gasteiger partial charge in [-0.1, -0.05) is 54.4 Å². The van der Waals surface area contributed by atoms with E-state index in [0.717, 1.165) is 37.5 Å². The van der Waals surface area contributed by atoms with Crippen LogP contribution in [0.3, 0.4) is 0 Å². The van der Waals surface area contributed by atoms with Crippen LogP contribution < -0.4 is 0 Å². The van der Waals surface area contributed by atoms with Gasteiger partial charge in [0.2, 0.25) is 0 Å². The molecule has 0 radical (unpaired) electrons. The van der Waals surface area contributed by atoms with Crippen LogP contribution >= 0.6 is 24.8 Å². The molecule has 2 aliphatic rings. The first-order valence-corrected chi connectivity index (χ1v) is 13.4. The summed E-state index contributed by atoms with van der Waals surface area (Å²) >= 11 is 2.03. The maximum atomic E-state index is 3.39. The van der Waals surface area contributed by atoms with E-state index in [2.05, 4.69) is 65.8 Å². The maximum absolute atomic E-state index is 3.39. The summed E-state index contributed by atoms with van der Waals surface area (Å²) in [7, 11) is 1.86. The normalized spacial score (nSPS) is 13.5. The van der Waals surface area contributed by atoms with Crippen molar-refractivity contribution in [2.45, 2.75) is 80.1 Å². The van der Waals surface area contributed by atoms with E-state index in [9.17, 15) is 0 Å². The fourth-order valence-electron chi connectivity index (χ4n) is 2.92. The molecule has 0 amide bonds. The Morgan fingerprint density at radius 1 is 0.786 bits per heavy atom. The minimum absolute atomic E-state index is 0. The molecule has 0 fully saturated rings. The monoisotopic (exact) mass is 478 g/mol. The van der Waals surface area contributed by atoms with Crippen molar-refractivity contribution in [3.63, 3.8) is 0 Å². The third-order valence-corrected chi connectivity index (χ3v) is 3.94. The van der Waals surface area contributed by atoms with E-state index < -0.39 is 0 Å². The van der Waals surface area contributed by atoms with Gasteiger partial charge in [-0.25, -0.2) is 23.3 Å². The van der Waals surface area contributed by atoms with Gasteiger partial charge in [-0.3, -0.25) is 12.2 Å². The Bertz CT molecular complexity index is 445. The van der Waals surface area contributed by atoms with Crippen LogP contribution in [0.15, 0.2) is 34.4 Å². The third kappa shape index (κ3) is 18.5. The number of halogens is 2. The van der Waals surface area contributed by atoms with Crippen molar-refractivity contribution >= 4 is 32.4 Å². The van der Waals surface area contributed by atoms with Crippen LogP contribution in [0.5, 0.6) is 0 Å². The summed E-state index contributed by atoms with van der Waals surface area (Å²) in [5, 5.41) is 0. The molecule has 28 heavy (non-hydrogen) atoms. The van der Waals surface area contributed by atoms with E-state index in [1.807, 2.05) is 26.8 Å². The molecule has 0 saturated heterocycles. The van der Waals surface area contributed by atoms with Gasteiger partial charge in [0.1, 0.15) is 0 Å². The number of hydrogen-bond donors (Lipinski definition) is 0. The van der Waals surface area contributed by atoms with Crippen LogP contribution in [0.25, 0.3) is 0 Å². The van der Waals surface area contributed by atoms with Crippen molar-refractivity contribution in [1.82, 2.24) is 0 Å². The molecule has 0 unspecified atom stereocenters. The van der Waals surface area contributed by atoms with Crippen molar-refractivity contribution < 1.29 is 19.2 Å². The van der Waals surface area contributed by atoms with Crippen molar-refractivity contribution in [2.24, 2.45) is 11.8 Å². The number of rotatable bonds is 6. The first kappa shape index (κ1) is 39.0. The van der Waals surface area contributed by atoms with Crippen molar-refractivity contribution in [1.29, 1.82) is 0 Å². The molecule has 0 aliphatic heterocycles. The number of hydrogen-bond acceptors (Lipinski definition) is 0. The van der Waals surface area contributed by atoms with Crippen molar-refractivity contribution in [2.75, 3.05) is 0 Å². The SMILES string of the molecule is CCC1=[C-]CC(CC(C)C)=C1.CCC1=[C-]CC(CC(C)C)=C1.Cl.Cl.[CH3-].[CH3-].[SiH2]=[Ti]. The summed E-state index contributed by atoms with van der Waals surface area (Å²) in [5.41, 5.74) is 5.94. The molecule has 2 rings (SSSR count). The Balaban J connectivity index is -0.000000102. The molecule has 0 N–H and O–H groups in total. The summed E-state index contributed by atoms with van der Waals surface area (Å²) in [6, 6.07) is 0. The molecule has 0 atom stereocenters. The quantitative estimate of drug-likeness (QED) is 0.269. The van der Waals surface area contributed by atoms with Gasteiger partial charge in [-0.05, 0) is 24.7 Å². The zero-order chi connectivity index (χ0) is 18.5.